The Morgan fingerprint density at radius 3 is 2.20 bits per heavy atom. The monoisotopic (exact) mass is 551 g/mol. The van der Waals surface area contributed by atoms with Crippen LogP contribution < -0.4 is 5.32 Å². The SMILES string of the molecule is C=C(C)c1ccccc1Sc1ccc(C(=O)NCc2ccccc2Br)cc1C.CCCCCCC. The highest BCUT2D eigenvalue weighted by Crippen LogP contribution is 2.35. The number of rotatable bonds is 10. The van der Waals surface area contributed by atoms with Crippen LogP contribution in [0.1, 0.15) is 79.9 Å². The van der Waals surface area contributed by atoms with E-state index < -0.39 is 0 Å². The number of hydrogen-bond acceptors (Lipinski definition) is 2. The summed E-state index contributed by atoms with van der Waals surface area (Å²) in [6.07, 6.45) is 7.01. The largest absolute Gasteiger partial charge is 0.348 e. The topological polar surface area (TPSA) is 29.1 Å². The number of unbranched alkanes of at least 4 members (excludes halogenated alkanes) is 4. The van der Waals surface area contributed by atoms with Gasteiger partial charge in [-0.1, -0.05) is 117 Å². The van der Waals surface area contributed by atoms with E-state index in [9.17, 15) is 4.79 Å². The molecule has 35 heavy (non-hydrogen) atoms. The quantitative estimate of drug-likeness (QED) is 0.254. The second-order valence-electron chi connectivity index (χ2n) is 8.69. The molecule has 0 heterocycles. The smallest absolute Gasteiger partial charge is 0.251 e. The summed E-state index contributed by atoms with van der Waals surface area (Å²) < 4.78 is 0.995. The van der Waals surface area contributed by atoms with Crippen LogP contribution in [0.4, 0.5) is 0 Å². The molecule has 0 aliphatic rings. The van der Waals surface area contributed by atoms with Crippen molar-refractivity contribution in [2.24, 2.45) is 0 Å². The Hall–Kier alpha value is -2.30. The second kappa shape index (κ2) is 15.6. The van der Waals surface area contributed by atoms with Gasteiger partial charge in [-0.3, -0.25) is 4.79 Å². The molecule has 0 unspecified atom stereocenters. The number of aryl methyl sites for hydroxylation is 1. The van der Waals surface area contributed by atoms with Gasteiger partial charge in [-0.2, -0.15) is 0 Å². The standard InChI is InChI=1S/C24H22BrNOS.C7H16/c1-16(2)20-9-5-7-11-23(20)28-22-13-12-18(14-17(22)3)24(27)26-15-19-8-4-6-10-21(19)25;1-3-5-7-6-4-2/h4-14H,1,15H2,2-3H3,(H,26,27);3-7H2,1-2H3. The molecule has 0 saturated heterocycles. The predicted octanol–water partition coefficient (Wildman–Crippen LogP) is 9.85. The summed E-state index contributed by atoms with van der Waals surface area (Å²) in [5.41, 5.74) is 5.00. The summed E-state index contributed by atoms with van der Waals surface area (Å²) in [5, 5.41) is 2.99. The van der Waals surface area contributed by atoms with Gasteiger partial charge in [0.25, 0.3) is 5.91 Å². The lowest BCUT2D eigenvalue weighted by molar-refractivity contribution is 0.0950. The van der Waals surface area contributed by atoms with Crippen molar-refractivity contribution in [2.45, 2.75) is 76.1 Å². The van der Waals surface area contributed by atoms with E-state index in [-0.39, 0.29) is 5.91 Å². The minimum absolute atomic E-state index is 0.0715. The van der Waals surface area contributed by atoms with Crippen LogP contribution in [0.5, 0.6) is 0 Å². The number of allylic oxidation sites excluding steroid dienone is 1. The molecule has 3 aromatic carbocycles. The van der Waals surface area contributed by atoms with Crippen molar-refractivity contribution in [1.82, 2.24) is 5.32 Å². The van der Waals surface area contributed by atoms with E-state index in [0.717, 1.165) is 31.6 Å². The van der Waals surface area contributed by atoms with Gasteiger partial charge in [-0.05, 0) is 66.4 Å². The first-order chi connectivity index (χ1) is 16.9. The fourth-order valence-electron chi connectivity index (χ4n) is 3.53. The molecule has 1 amide bonds. The molecule has 1 N–H and O–H groups in total. The highest BCUT2D eigenvalue weighted by Gasteiger charge is 2.11. The van der Waals surface area contributed by atoms with E-state index in [4.69, 9.17) is 0 Å². The number of carbonyl (C=O) groups excluding carboxylic acids is 1. The first-order valence-electron chi connectivity index (χ1n) is 12.4. The number of carbonyl (C=O) groups is 1. The van der Waals surface area contributed by atoms with Crippen LogP contribution in [0, 0.1) is 6.92 Å². The third-order valence-electron chi connectivity index (χ3n) is 5.61. The summed E-state index contributed by atoms with van der Waals surface area (Å²) in [6.45, 7) is 13.1. The number of nitrogens with one attached hydrogen (secondary N) is 1. The van der Waals surface area contributed by atoms with Crippen LogP contribution in [0.3, 0.4) is 0 Å². The maximum absolute atomic E-state index is 12.5. The zero-order chi connectivity index (χ0) is 25.6. The van der Waals surface area contributed by atoms with Crippen molar-refractivity contribution in [3.8, 4) is 0 Å². The fourth-order valence-corrected chi connectivity index (χ4v) is 5.04. The van der Waals surface area contributed by atoms with Gasteiger partial charge in [0.1, 0.15) is 0 Å². The van der Waals surface area contributed by atoms with Crippen LogP contribution in [-0.4, -0.2) is 5.91 Å². The third-order valence-corrected chi connectivity index (χ3v) is 7.64. The molecule has 0 aliphatic carbocycles. The molecule has 0 spiro atoms. The lowest BCUT2D eigenvalue weighted by atomic mass is 10.1. The summed E-state index contributed by atoms with van der Waals surface area (Å²) in [5.74, 6) is -0.0715. The van der Waals surface area contributed by atoms with Gasteiger partial charge in [-0.15, -0.1) is 0 Å². The Morgan fingerprint density at radius 1 is 0.914 bits per heavy atom. The molecular formula is C31H38BrNOS. The molecule has 0 saturated carbocycles. The molecule has 0 aliphatic heterocycles. The van der Waals surface area contributed by atoms with Crippen molar-refractivity contribution in [2.75, 3.05) is 0 Å². The number of hydrogen-bond donors (Lipinski definition) is 1. The summed E-state index contributed by atoms with van der Waals surface area (Å²) in [4.78, 5) is 14.9. The summed E-state index contributed by atoms with van der Waals surface area (Å²) in [6, 6.07) is 22.0. The summed E-state index contributed by atoms with van der Waals surface area (Å²) >= 11 is 5.21. The van der Waals surface area contributed by atoms with Crippen molar-refractivity contribution >= 4 is 39.2 Å². The maximum Gasteiger partial charge on any atom is 0.251 e. The van der Waals surface area contributed by atoms with Crippen molar-refractivity contribution in [3.05, 3.63) is 100 Å². The molecule has 0 radical (unpaired) electrons. The molecule has 0 aromatic heterocycles. The van der Waals surface area contributed by atoms with E-state index in [1.807, 2.05) is 68.4 Å². The summed E-state index contributed by atoms with van der Waals surface area (Å²) in [7, 11) is 0. The number of benzene rings is 3. The lowest BCUT2D eigenvalue weighted by Gasteiger charge is -2.12. The second-order valence-corrected chi connectivity index (χ2v) is 10.6. The molecule has 3 rings (SSSR count). The highest BCUT2D eigenvalue weighted by atomic mass is 79.9. The van der Waals surface area contributed by atoms with Crippen LogP contribution >= 0.6 is 27.7 Å². The van der Waals surface area contributed by atoms with Crippen molar-refractivity contribution < 1.29 is 4.79 Å². The minimum atomic E-state index is -0.0715. The Bertz CT molecular complexity index is 1100. The van der Waals surface area contributed by atoms with Crippen molar-refractivity contribution in [3.63, 3.8) is 0 Å². The average molecular weight is 553 g/mol. The van der Waals surface area contributed by atoms with Gasteiger partial charge < -0.3 is 5.32 Å². The average Bonchev–Trinajstić information content (AvgIpc) is 2.85. The first kappa shape index (κ1) is 28.9. The van der Waals surface area contributed by atoms with Gasteiger partial charge in [0, 0.05) is 26.4 Å². The molecular weight excluding hydrogens is 514 g/mol. The predicted molar refractivity (Wildman–Crippen MR) is 156 cm³/mol. The first-order valence-corrected chi connectivity index (χ1v) is 14.0. The van der Waals surface area contributed by atoms with E-state index in [2.05, 4.69) is 53.8 Å². The molecule has 0 bridgehead atoms. The Morgan fingerprint density at radius 2 is 1.57 bits per heavy atom. The van der Waals surface area contributed by atoms with Gasteiger partial charge in [-0.25, -0.2) is 0 Å². The number of amides is 1. The molecule has 4 heteroatoms. The minimum Gasteiger partial charge on any atom is -0.348 e. The van der Waals surface area contributed by atoms with E-state index in [1.54, 1.807) is 11.8 Å². The normalized spacial score (nSPS) is 10.3. The molecule has 0 fully saturated rings. The zero-order valence-electron chi connectivity index (χ0n) is 21.5. The van der Waals surface area contributed by atoms with Gasteiger partial charge >= 0.3 is 0 Å². The Labute approximate surface area is 224 Å². The Balaban J connectivity index is 0.000000540. The van der Waals surface area contributed by atoms with E-state index in [1.165, 1.54) is 37.0 Å². The Kier molecular flexibility index (Phi) is 12.9. The molecule has 0 atom stereocenters. The third kappa shape index (κ3) is 9.70. The molecule has 2 nitrogen and oxygen atoms in total. The van der Waals surface area contributed by atoms with E-state index >= 15 is 0 Å². The molecule has 3 aromatic rings. The van der Waals surface area contributed by atoms with Crippen LogP contribution in [0.25, 0.3) is 5.57 Å². The van der Waals surface area contributed by atoms with Gasteiger partial charge in [0.15, 0.2) is 0 Å². The van der Waals surface area contributed by atoms with Gasteiger partial charge in [0.2, 0.25) is 0 Å². The lowest BCUT2D eigenvalue weighted by Crippen LogP contribution is -2.23. The fraction of sp³-hybridized carbons (Fsp3) is 0.323. The number of halogens is 1. The van der Waals surface area contributed by atoms with Crippen molar-refractivity contribution in [1.29, 1.82) is 0 Å². The van der Waals surface area contributed by atoms with Gasteiger partial charge in [0.05, 0.1) is 0 Å². The highest BCUT2D eigenvalue weighted by molar-refractivity contribution is 9.10. The van der Waals surface area contributed by atoms with E-state index in [0.29, 0.717) is 12.1 Å². The van der Waals surface area contributed by atoms with Crippen LogP contribution in [-0.2, 0) is 6.54 Å². The molecule has 186 valence electrons. The zero-order valence-corrected chi connectivity index (χ0v) is 23.9. The van der Waals surface area contributed by atoms with Crippen LogP contribution in [0.2, 0.25) is 0 Å². The van der Waals surface area contributed by atoms with Crippen LogP contribution in [0.15, 0.2) is 87.6 Å². The maximum atomic E-state index is 12.5.